The second kappa shape index (κ2) is 10.6. The molecule has 0 radical (unpaired) electrons. The summed E-state index contributed by atoms with van der Waals surface area (Å²) in [4.78, 5) is 35.5. The summed E-state index contributed by atoms with van der Waals surface area (Å²) in [5.41, 5.74) is 3.45. The molecule has 1 aromatic heterocycles. The van der Waals surface area contributed by atoms with E-state index < -0.39 is 41.4 Å². The Morgan fingerprint density at radius 1 is 1.19 bits per heavy atom. The molecule has 0 saturated heterocycles. The van der Waals surface area contributed by atoms with Crippen LogP contribution >= 0.6 is 0 Å². The number of carbonyl (C=O) groups excluding carboxylic acids is 3. The summed E-state index contributed by atoms with van der Waals surface area (Å²) in [5, 5.41) is 8.64. The van der Waals surface area contributed by atoms with Crippen molar-refractivity contribution in [2.75, 3.05) is 11.9 Å². The van der Waals surface area contributed by atoms with Gasteiger partial charge in [0.05, 0.1) is 18.5 Å². The van der Waals surface area contributed by atoms with E-state index in [1.165, 1.54) is 31.2 Å². The number of nitrogens with two attached hydrogens (primary N) is 1. The number of primary amides is 1. The Bertz CT molecular complexity index is 957. The van der Waals surface area contributed by atoms with Crippen LogP contribution in [0, 0.1) is 0 Å². The molecule has 1 atom stereocenters. The van der Waals surface area contributed by atoms with Crippen molar-refractivity contribution in [3.63, 3.8) is 0 Å². The van der Waals surface area contributed by atoms with Gasteiger partial charge in [0, 0.05) is 5.69 Å². The molecule has 9 nitrogen and oxygen atoms in total. The molecule has 0 bridgehead atoms. The summed E-state index contributed by atoms with van der Waals surface area (Å²) in [6.07, 6.45) is -2.21. The molecule has 174 valence electrons. The first kappa shape index (κ1) is 24.7. The third-order valence-electron chi connectivity index (χ3n) is 4.39. The predicted molar refractivity (Wildman–Crippen MR) is 109 cm³/mol. The normalized spacial score (nSPS) is 12.2. The number of rotatable bonds is 9. The van der Waals surface area contributed by atoms with Gasteiger partial charge in [0.15, 0.2) is 5.69 Å². The number of anilines is 1. The number of aromatic nitrogens is 2. The summed E-state index contributed by atoms with van der Waals surface area (Å²) in [6.45, 7) is 3.32. The van der Waals surface area contributed by atoms with Gasteiger partial charge in [0.25, 0.3) is 0 Å². The van der Waals surface area contributed by atoms with Gasteiger partial charge in [-0.15, -0.1) is 0 Å². The molecule has 1 aromatic carbocycles. The van der Waals surface area contributed by atoms with E-state index in [-0.39, 0.29) is 18.0 Å². The van der Waals surface area contributed by atoms with Crippen molar-refractivity contribution >= 4 is 23.6 Å². The van der Waals surface area contributed by atoms with Crippen molar-refractivity contribution in [3.05, 3.63) is 41.7 Å². The average molecular weight is 455 g/mol. The van der Waals surface area contributed by atoms with Crippen LogP contribution in [0.2, 0.25) is 0 Å². The maximum Gasteiger partial charge on any atom is 0.434 e. The van der Waals surface area contributed by atoms with Crippen molar-refractivity contribution < 1.29 is 32.3 Å². The number of benzene rings is 1. The third kappa shape index (κ3) is 6.22. The molecule has 4 N–H and O–H groups in total. The summed E-state index contributed by atoms with van der Waals surface area (Å²) >= 11 is 0. The number of hydrogen-bond donors (Lipinski definition) is 3. The SMILES string of the molecule is CCCCC(NC(N)=O)C(=O)Nc1ccc(-n2ncc(C(=O)OCC)c2C(F)(F)F)cc1. The molecular weight excluding hydrogens is 431 g/mol. The van der Waals surface area contributed by atoms with E-state index in [0.717, 1.165) is 12.6 Å². The molecular formula is C20H24F3N5O4. The molecule has 32 heavy (non-hydrogen) atoms. The Hall–Kier alpha value is -3.57. The lowest BCUT2D eigenvalue weighted by molar-refractivity contribution is -0.143. The highest BCUT2D eigenvalue weighted by atomic mass is 19.4. The molecule has 2 rings (SSSR count). The van der Waals surface area contributed by atoms with Crippen LogP contribution in [-0.4, -0.2) is 40.3 Å². The Kier molecular flexibility index (Phi) is 8.21. The Labute approximate surface area is 182 Å². The van der Waals surface area contributed by atoms with Crippen molar-refractivity contribution in [3.8, 4) is 5.69 Å². The Morgan fingerprint density at radius 2 is 1.84 bits per heavy atom. The van der Waals surface area contributed by atoms with Gasteiger partial charge in [-0.3, -0.25) is 4.79 Å². The van der Waals surface area contributed by atoms with Gasteiger partial charge in [-0.05, 0) is 37.6 Å². The minimum Gasteiger partial charge on any atom is -0.462 e. The zero-order valence-electron chi connectivity index (χ0n) is 17.5. The fraction of sp³-hybridized carbons (Fsp3) is 0.400. The van der Waals surface area contributed by atoms with Gasteiger partial charge in [-0.1, -0.05) is 19.8 Å². The number of hydrogen-bond acceptors (Lipinski definition) is 5. The number of nitrogens with one attached hydrogen (secondary N) is 2. The number of urea groups is 1. The monoisotopic (exact) mass is 455 g/mol. The van der Waals surface area contributed by atoms with Crippen molar-refractivity contribution in [2.45, 2.75) is 45.3 Å². The first-order valence-corrected chi connectivity index (χ1v) is 9.88. The van der Waals surface area contributed by atoms with E-state index in [4.69, 9.17) is 5.73 Å². The fourth-order valence-electron chi connectivity index (χ4n) is 2.94. The summed E-state index contributed by atoms with van der Waals surface area (Å²) < 4.78 is 46.1. The zero-order valence-corrected chi connectivity index (χ0v) is 17.5. The number of unbranched alkanes of at least 4 members (excludes halogenated alkanes) is 1. The van der Waals surface area contributed by atoms with Crippen LogP contribution in [-0.2, 0) is 15.7 Å². The lowest BCUT2D eigenvalue weighted by Gasteiger charge is -2.17. The quantitative estimate of drug-likeness (QED) is 0.500. The number of alkyl halides is 3. The fourth-order valence-corrected chi connectivity index (χ4v) is 2.94. The van der Waals surface area contributed by atoms with Gasteiger partial charge >= 0.3 is 18.2 Å². The molecule has 0 spiro atoms. The minimum atomic E-state index is -4.86. The van der Waals surface area contributed by atoms with Gasteiger partial charge in [0.1, 0.15) is 11.6 Å². The molecule has 0 fully saturated rings. The lowest BCUT2D eigenvalue weighted by atomic mass is 10.1. The van der Waals surface area contributed by atoms with Crippen molar-refractivity contribution in [1.82, 2.24) is 15.1 Å². The van der Waals surface area contributed by atoms with Crippen molar-refractivity contribution in [1.29, 1.82) is 0 Å². The molecule has 0 saturated carbocycles. The largest absolute Gasteiger partial charge is 0.462 e. The topological polar surface area (TPSA) is 128 Å². The molecule has 0 aliphatic carbocycles. The van der Waals surface area contributed by atoms with E-state index in [1.54, 1.807) is 0 Å². The predicted octanol–water partition coefficient (Wildman–Crippen LogP) is 3.23. The highest BCUT2D eigenvalue weighted by Gasteiger charge is 2.41. The van der Waals surface area contributed by atoms with Crippen LogP contribution in [0.4, 0.5) is 23.7 Å². The van der Waals surface area contributed by atoms with E-state index >= 15 is 0 Å². The lowest BCUT2D eigenvalue weighted by Crippen LogP contribution is -2.46. The zero-order chi connectivity index (χ0) is 23.9. The second-order valence-corrected chi connectivity index (χ2v) is 6.78. The number of amides is 3. The van der Waals surface area contributed by atoms with Gasteiger partial charge in [-0.2, -0.15) is 18.3 Å². The molecule has 3 amide bonds. The third-order valence-corrected chi connectivity index (χ3v) is 4.39. The van der Waals surface area contributed by atoms with Crippen LogP contribution in [0.5, 0.6) is 0 Å². The number of esters is 1. The van der Waals surface area contributed by atoms with E-state index in [2.05, 4.69) is 20.5 Å². The molecule has 2 aromatic rings. The maximum atomic E-state index is 13.6. The van der Waals surface area contributed by atoms with Crippen LogP contribution in [0.15, 0.2) is 30.5 Å². The van der Waals surface area contributed by atoms with E-state index in [0.29, 0.717) is 17.5 Å². The van der Waals surface area contributed by atoms with E-state index in [1.807, 2.05) is 6.92 Å². The first-order valence-electron chi connectivity index (χ1n) is 9.88. The average Bonchev–Trinajstić information content (AvgIpc) is 3.17. The van der Waals surface area contributed by atoms with Crippen LogP contribution in [0.3, 0.4) is 0 Å². The summed E-state index contributed by atoms with van der Waals surface area (Å²) in [6, 6.07) is 3.67. The Morgan fingerprint density at radius 3 is 2.38 bits per heavy atom. The molecule has 0 aliphatic rings. The maximum absolute atomic E-state index is 13.6. The van der Waals surface area contributed by atoms with Crippen LogP contribution in [0.1, 0.15) is 49.2 Å². The summed E-state index contributed by atoms with van der Waals surface area (Å²) in [7, 11) is 0. The standard InChI is InChI=1S/C20H24F3N5O4/c1-3-5-6-15(27-19(24)31)17(29)26-12-7-9-13(10-8-12)28-16(20(21,22)23)14(11-25-28)18(30)32-4-2/h7-11,15H,3-6H2,1-2H3,(H,26,29)(H3,24,27,31). The second-order valence-electron chi connectivity index (χ2n) is 6.78. The highest BCUT2D eigenvalue weighted by molar-refractivity contribution is 5.97. The number of nitrogens with zero attached hydrogens (tertiary/aromatic N) is 2. The smallest absolute Gasteiger partial charge is 0.434 e. The van der Waals surface area contributed by atoms with Crippen molar-refractivity contribution in [2.24, 2.45) is 5.73 Å². The van der Waals surface area contributed by atoms with Crippen LogP contribution < -0.4 is 16.4 Å². The molecule has 1 unspecified atom stereocenters. The van der Waals surface area contributed by atoms with Gasteiger partial charge in [-0.25, -0.2) is 14.3 Å². The molecule has 12 heteroatoms. The number of halogens is 3. The first-order chi connectivity index (χ1) is 15.1. The Balaban J connectivity index is 2.26. The van der Waals surface area contributed by atoms with Gasteiger partial charge in [0.2, 0.25) is 5.91 Å². The van der Waals surface area contributed by atoms with Gasteiger partial charge < -0.3 is 21.1 Å². The highest BCUT2D eigenvalue weighted by Crippen LogP contribution is 2.34. The van der Waals surface area contributed by atoms with Crippen LogP contribution in [0.25, 0.3) is 5.69 Å². The molecule has 0 aliphatic heterocycles. The number of carbonyl (C=O) groups is 3. The minimum absolute atomic E-state index is 0.0173. The molecule has 1 heterocycles. The number of ether oxygens (including phenoxy) is 1. The summed E-state index contributed by atoms with van der Waals surface area (Å²) in [5.74, 6) is -1.64. The van der Waals surface area contributed by atoms with E-state index in [9.17, 15) is 27.6 Å².